The first-order chi connectivity index (χ1) is 12.7. The van der Waals surface area contributed by atoms with Crippen molar-refractivity contribution >= 4 is 23.8 Å². The van der Waals surface area contributed by atoms with Crippen LogP contribution in [0.5, 0.6) is 5.75 Å². The summed E-state index contributed by atoms with van der Waals surface area (Å²) in [6.07, 6.45) is -4.68. The Balaban J connectivity index is 2.16. The largest absolute Gasteiger partial charge is 0.508 e. The number of aromatic hydroxyl groups is 1. The highest BCUT2D eigenvalue weighted by Crippen LogP contribution is 2.39. The summed E-state index contributed by atoms with van der Waals surface area (Å²) in [6, 6.07) is 2.98. The molecule has 27 heavy (non-hydrogen) atoms. The predicted octanol–water partition coefficient (Wildman–Crippen LogP) is -2.33. The minimum atomic E-state index is -1.64. The Hall–Kier alpha value is -2.79. The lowest BCUT2D eigenvalue weighted by Crippen LogP contribution is -2.48. The summed E-state index contributed by atoms with van der Waals surface area (Å²) >= 11 is 0. The summed E-state index contributed by atoms with van der Waals surface area (Å²) < 4.78 is 0. The topological polar surface area (TPSA) is 162 Å². The van der Waals surface area contributed by atoms with E-state index in [1.165, 1.54) is 11.0 Å². The Morgan fingerprint density at radius 2 is 1.96 bits per heavy atom. The molecule has 0 bridgehead atoms. The molecule has 144 valence electrons. The van der Waals surface area contributed by atoms with Crippen LogP contribution in [0, 0.1) is 6.92 Å². The molecule has 0 fully saturated rings. The highest BCUT2D eigenvalue weighted by molar-refractivity contribution is 5.78. The SMILES string of the molecule is C=c1nc2c(c(=O)[nH]1)=Nc1cc(C)c(O)cc1N2C[C@H](O)[C@H](O)[C@H](O)CO. The van der Waals surface area contributed by atoms with E-state index in [-0.39, 0.29) is 28.9 Å². The van der Waals surface area contributed by atoms with Crippen molar-refractivity contribution < 1.29 is 25.5 Å². The van der Waals surface area contributed by atoms with Crippen LogP contribution in [0.3, 0.4) is 0 Å². The molecular weight excluding hydrogens is 356 g/mol. The molecular formula is C17H20N4O6. The Bertz CT molecular complexity index is 1040. The number of rotatable bonds is 5. The lowest BCUT2D eigenvalue weighted by Gasteiger charge is -2.32. The summed E-state index contributed by atoms with van der Waals surface area (Å²) in [5.74, 6) is 0.0618. The zero-order valence-corrected chi connectivity index (χ0v) is 14.5. The van der Waals surface area contributed by atoms with E-state index in [1.807, 2.05) is 0 Å². The van der Waals surface area contributed by atoms with Gasteiger partial charge in [-0.05, 0) is 18.6 Å². The lowest BCUT2D eigenvalue weighted by molar-refractivity contribution is -0.0726. The second-order valence-electron chi connectivity index (χ2n) is 6.34. The number of benzene rings is 1. The van der Waals surface area contributed by atoms with Crippen LogP contribution >= 0.6 is 0 Å². The summed E-state index contributed by atoms with van der Waals surface area (Å²) in [4.78, 5) is 24.6. The number of hydrogen-bond acceptors (Lipinski definition) is 9. The molecule has 10 heteroatoms. The number of hydrogen-bond donors (Lipinski definition) is 6. The molecule has 1 aliphatic rings. The maximum atomic E-state index is 12.3. The maximum Gasteiger partial charge on any atom is 0.279 e. The number of phenolic OH excluding ortho intramolecular Hbond substituents is 1. The number of aromatic amines is 1. The number of aromatic nitrogens is 2. The standard InChI is InChI=1S/C17H20N4O6/c1-7-3-9-10(4-11(7)23)21(5-12(24)15(26)13(25)6-22)16-14(20-9)17(27)19-8(2)18-16/h3-4,12-13,15,22-26H,2,5-6H2,1H3,(H,19,27)/t12-,13+,15-/m0/s1. The molecule has 0 saturated carbocycles. The zero-order chi connectivity index (χ0) is 19.9. The third kappa shape index (κ3) is 3.43. The zero-order valence-electron chi connectivity index (χ0n) is 14.5. The molecule has 2 aromatic rings. The van der Waals surface area contributed by atoms with Crippen molar-refractivity contribution in [2.75, 3.05) is 18.1 Å². The fourth-order valence-corrected chi connectivity index (χ4v) is 2.84. The third-order valence-corrected chi connectivity index (χ3v) is 4.34. The third-order valence-electron chi connectivity index (χ3n) is 4.34. The molecule has 3 rings (SSSR count). The van der Waals surface area contributed by atoms with E-state index in [9.17, 15) is 25.2 Å². The van der Waals surface area contributed by atoms with E-state index in [0.29, 0.717) is 16.9 Å². The number of β-amino-alcohol motifs (C(OH)–C–C–N with tert-alkyl or cyclic N) is 1. The Morgan fingerprint density at radius 1 is 1.26 bits per heavy atom. The second kappa shape index (κ2) is 7.08. The first-order valence-electron chi connectivity index (χ1n) is 8.17. The fourth-order valence-electron chi connectivity index (χ4n) is 2.84. The molecule has 0 unspecified atom stereocenters. The molecule has 0 amide bonds. The van der Waals surface area contributed by atoms with Gasteiger partial charge in [0.15, 0.2) is 11.2 Å². The summed E-state index contributed by atoms with van der Waals surface area (Å²) in [7, 11) is 0. The number of nitrogens with one attached hydrogen (secondary N) is 1. The number of H-pyrrole nitrogens is 1. The smallest absolute Gasteiger partial charge is 0.279 e. The minimum Gasteiger partial charge on any atom is -0.508 e. The molecule has 0 radical (unpaired) electrons. The number of aryl methyl sites for hydroxylation is 1. The van der Waals surface area contributed by atoms with Gasteiger partial charge in [0.2, 0.25) is 0 Å². The number of aliphatic hydroxyl groups is 4. The average molecular weight is 376 g/mol. The van der Waals surface area contributed by atoms with Gasteiger partial charge in [-0.2, -0.15) is 0 Å². The first kappa shape index (κ1) is 19.0. The maximum absolute atomic E-state index is 12.3. The van der Waals surface area contributed by atoms with Gasteiger partial charge in [0.25, 0.3) is 5.56 Å². The van der Waals surface area contributed by atoms with Crippen molar-refractivity contribution in [2.24, 2.45) is 4.99 Å². The van der Waals surface area contributed by atoms with E-state index in [2.05, 4.69) is 21.5 Å². The molecule has 1 aliphatic heterocycles. The van der Waals surface area contributed by atoms with Gasteiger partial charge in [0, 0.05) is 6.07 Å². The first-order valence-corrected chi connectivity index (χ1v) is 8.17. The van der Waals surface area contributed by atoms with Gasteiger partial charge < -0.3 is 35.4 Å². The highest BCUT2D eigenvalue weighted by Gasteiger charge is 2.30. The van der Waals surface area contributed by atoms with E-state index >= 15 is 0 Å². The predicted molar refractivity (Wildman–Crippen MR) is 95.8 cm³/mol. The van der Waals surface area contributed by atoms with Crippen molar-refractivity contribution in [3.63, 3.8) is 0 Å². The average Bonchev–Trinajstić information content (AvgIpc) is 2.62. The van der Waals surface area contributed by atoms with Gasteiger partial charge in [-0.3, -0.25) is 4.79 Å². The Kier molecular flexibility index (Phi) is 4.98. The fraction of sp³-hybridized carbons (Fsp3) is 0.353. The second-order valence-corrected chi connectivity index (χ2v) is 6.34. The van der Waals surface area contributed by atoms with Crippen LogP contribution in [-0.4, -0.2) is 67.0 Å². The van der Waals surface area contributed by atoms with Crippen molar-refractivity contribution in [2.45, 2.75) is 25.2 Å². The Morgan fingerprint density at radius 3 is 2.63 bits per heavy atom. The van der Waals surface area contributed by atoms with E-state index in [4.69, 9.17) is 5.11 Å². The molecule has 2 heterocycles. The minimum absolute atomic E-state index is 0.00983. The monoisotopic (exact) mass is 376 g/mol. The summed E-state index contributed by atoms with van der Waals surface area (Å²) in [6.45, 7) is 4.25. The molecule has 1 aromatic carbocycles. The van der Waals surface area contributed by atoms with E-state index in [1.54, 1.807) is 13.0 Å². The number of fused-ring (bicyclic) bond motifs is 2. The number of nitrogens with zero attached hydrogens (tertiary/aromatic N) is 3. The van der Waals surface area contributed by atoms with Gasteiger partial charge >= 0.3 is 0 Å². The normalized spacial score (nSPS) is 16.1. The van der Waals surface area contributed by atoms with Gasteiger partial charge in [-0.15, -0.1) is 0 Å². The Labute approximate surface area is 153 Å². The lowest BCUT2D eigenvalue weighted by atomic mass is 10.1. The van der Waals surface area contributed by atoms with Crippen LogP contribution in [0.1, 0.15) is 5.56 Å². The van der Waals surface area contributed by atoms with Crippen molar-refractivity contribution in [1.29, 1.82) is 0 Å². The highest BCUT2D eigenvalue weighted by atomic mass is 16.4. The van der Waals surface area contributed by atoms with E-state index < -0.39 is 30.5 Å². The molecule has 0 saturated heterocycles. The molecule has 10 nitrogen and oxygen atoms in total. The van der Waals surface area contributed by atoms with Gasteiger partial charge in [-0.25, -0.2) is 9.98 Å². The van der Waals surface area contributed by atoms with Crippen LogP contribution in [0.25, 0.3) is 6.58 Å². The van der Waals surface area contributed by atoms with Crippen molar-refractivity contribution in [3.05, 3.63) is 38.9 Å². The van der Waals surface area contributed by atoms with Gasteiger partial charge in [-0.1, -0.05) is 6.58 Å². The molecule has 3 atom stereocenters. The molecule has 0 aliphatic carbocycles. The van der Waals surface area contributed by atoms with Crippen molar-refractivity contribution in [3.8, 4) is 5.75 Å². The summed E-state index contributed by atoms with van der Waals surface area (Å²) in [5, 5.41) is 48.9. The van der Waals surface area contributed by atoms with Gasteiger partial charge in [0.1, 0.15) is 29.5 Å². The number of anilines is 2. The summed E-state index contributed by atoms with van der Waals surface area (Å²) in [5.41, 5.74) is 0.801. The van der Waals surface area contributed by atoms with Crippen LogP contribution in [-0.2, 0) is 0 Å². The van der Waals surface area contributed by atoms with Crippen LogP contribution in [0.2, 0.25) is 0 Å². The van der Waals surface area contributed by atoms with Gasteiger partial charge in [0.05, 0.1) is 24.5 Å². The van der Waals surface area contributed by atoms with Crippen LogP contribution < -0.4 is 21.3 Å². The van der Waals surface area contributed by atoms with E-state index in [0.717, 1.165) is 0 Å². The van der Waals surface area contributed by atoms with Crippen LogP contribution in [0.15, 0.2) is 21.9 Å². The molecule has 6 N–H and O–H groups in total. The van der Waals surface area contributed by atoms with Crippen molar-refractivity contribution in [1.82, 2.24) is 9.97 Å². The molecule has 0 spiro atoms. The number of aliphatic hydroxyl groups excluding tert-OH is 4. The number of phenols is 1. The van der Waals surface area contributed by atoms with Crippen LogP contribution in [0.4, 0.5) is 17.2 Å². The quantitative estimate of drug-likeness (QED) is 0.338. The molecule has 1 aromatic heterocycles.